The van der Waals surface area contributed by atoms with Gasteiger partial charge in [-0.1, -0.05) is 0 Å². The van der Waals surface area contributed by atoms with E-state index in [1.54, 1.807) is 11.9 Å². The molecular weight excluding hydrogens is 345 g/mol. The van der Waals surface area contributed by atoms with Gasteiger partial charge in [0, 0.05) is 45.1 Å². The summed E-state index contributed by atoms with van der Waals surface area (Å²) in [5.74, 6) is 0.111. The van der Waals surface area contributed by atoms with Crippen LogP contribution in [0.4, 0.5) is 19.1 Å². The Bertz CT molecular complexity index is 738. The number of likely N-dealkylation sites (N-methyl/N-ethyl adjacent to an activating group) is 1. The van der Waals surface area contributed by atoms with E-state index in [1.165, 1.54) is 6.20 Å². The molecule has 1 unspecified atom stereocenters. The van der Waals surface area contributed by atoms with Crippen LogP contribution in [0.1, 0.15) is 29.9 Å². The monoisotopic (exact) mass is 368 g/mol. The number of rotatable bonds is 4. The minimum atomic E-state index is -4.46. The maximum atomic E-state index is 12.9. The molecule has 0 aliphatic carbocycles. The third-order valence-corrected chi connectivity index (χ3v) is 4.83. The molecular formula is C17H23F3N6. The van der Waals surface area contributed by atoms with Crippen molar-refractivity contribution in [2.75, 3.05) is 25.0 Å². The number of aromatic nitrogens is 4. The van der Waals surface area contributed by atoms with Gasteiger partial charge in [-0.15, -0.1) is 0 Å². The molecule has 1 fully saturated rings. The second kappa shape index (κ2) is 7.22. The summed E-state index contributed by atoms with van der Waals surface area (Å²) in [6, 6.07) is 3.02. The average Bonchev–Trinajstić information content (AvgIpc) is 2.91. The van der Waals surface area contributed by atoms with E-state index in [0.29, 0.717) is 0 Å². The summed E-state index contributed by atoms with van der Waals surface area (Å²) in [7, 11) is 3.67. The maximum Gasteiger partial charge on any atom is 0.433 e. The van der Waals surface area contributed by atoms with Gasteiger partial charge in [-0.05, 0) is 38.4 Å². The van der Waals surface area contributed by atoms with Crippen LogP contribution in [0.25, 0.3) is 0 Å². The Morgan fingerprint density at radius 2 is 2.12 bits per heavy atom. The molecule has 1 atom stereocenters. The number of anilines is 1. The van der Waals surface area contributed by atoms with Crippen LogP contribution in [-0.4, -0.2) is 50.8 Å². The molecule has 1 aliphatic rings. The number of nitrogens with zero attached hydrogens (tertiary/aromatic N) is 6. The van der Waals surface area contributed by atoms with E-state index < -0.39 is 11.9 Å². The predicted molar refractivity (Wildman–Crippen MR) is 91.7 cm³/mol. The molecule has 0 amide bonds. The molecule has 26 heavy (non-hydrogen) atoms. The number of halogens is 3. The standard InChI is InChI=1S/C17H23F3N6/c1-12-9-13(23-25(12)3)10-26-8-4-5-14(11-26)24(2)16-21-7-6-15(22-16)17(18,19)20/h6-7,9,14H,4-5,8,10-11H2,1-3H3. The lowest BCUT2D eigenvalue weighted by Crippen LogP contribution is -2.46. The molecule has 0 aromatic carbocycles. The first-order valence-electron chi connectivity index (χ1n) is 8.59. The van der Waals surface area contributed by atoms with Gasteiger partial charge in [-0.3, -0.25) is 9.58 Å². The van der Waals surface area contributed by atoms with Crippen LogP contribution in [0.3, 0.4) is 0 Å². The van der Waals surface area contributed by atoms with Crippen LogP contribution >= 0.6 is 0 Å². The number of likely N-dealkylation sites (tertiary alicyclic amines) is 1. The highest BCUT2D eigenvalue weighted by atomic mass is 19.4. The van der Waals surface area contributed by atoms with Crippen LogP contribution in [0.2, 0.25) is 0 Å². The van der Waals surface area contributed by atoms with Crippen molar-refractivity contribution in [3.63, 3.8) is 0 Å². The number of hydrogen-bond donors (Lipinski definition) is 0. The Labute approximate surface area is 150 Å². The summed E-state index contributed by atoms with van der Waals surface area (Å²) in [5.41, 5.74) is 1.19. The van der Waals surface area contributed by atoms with Crippen LogP contribution in [0.5, 0.6) is 0 Å². The lowest BCUT2D eigenvalue weighted by molar-refractivity contribution is -0.141. The van der Waals surface area contributed by atoms with E-state index in [-0.39, 0.29) is 12.0 Å². The van der Waals surface area contributed by atoms with Gasteiger partial charge in [0.2, 0.25) is 5.95 Å². The predicted octanol–water partition coefficient (Wildman–Crippen LogP) is 2.64. The first-order chi connectivity index (χ1) is 12.2. The van der Waals surface area contributed by atoms with Crippen LogP contribution in [0.15, 0.2) is 18.3 Å². The molecule has 0 saturated carbocycles. The molecule has 0 radical (unpaired) electrons. The molecule has 0 N–H and O–H groups in total. The first-order valence-corrected chi connectivity index (χ1v) is 8.59. The van der Waals surface area contributed by atoms with Gasteiger partial charge in [0.05, 0.1) is 5.69 Å². The third-order valence-electron chi connectivity index (χ3n) is 4.83. The van der Waals surface area contributed by atoms with Gasteiger partial charge in [0.1, 0.15) is 5.69 Å². The lowest BCUT2D eigenvalue weighted by Gasteiger charge is -2.37. The Hall–Kier alpha value is -2.16. The minimum Gasteiger partial charge on any atom is -0.340 e. The molecule has 3 heterocycles. The Morgan fingerprint density at radius 3 is 2.77 bits per heavy atom. The Balaban J connectivity index is 1.69. The van der Waals surface area contributed by atoms with E-state index in [1.807, 2.05) is 18.7 Å². The molecule has 1 aliphatic heterocycles. The van der Waals surface area contributed by atoms with Crippen molar-refractivity contribution >= 4 is 5.95 Å². The fraction of sp³-hybridized carbons (Fsp3) is 0.588. The molecule has 1 saturated heterocycles. The van der Waals surface area contributed by atoms with E-state index in [9.17, 15) is 13.2 Å². The quantitative estimate of drug-likeness (QED) is 0.830. The van der Waals surface area contributed by atoms with Crippen molar-refractivity contribution in [3.8, 4) is 0 Å². The van der Waals surface area contributed by atoms with Crippen molar-refractivity contribution in [2.45, 2.75) is 38.5 Å². The topological polar surface area (TPSA) is 50.1 Å². The Kier molecular flexibility index (Phi) is 5.17. The maximum absolute atomic E-state index is 12.9. The number of hydrogen-bond acceptors (Lipinski definition) is 5. The minimum absolute atomic E-state index is 0.0667. The van der Waals surface area contributed by atoms with Crippen LogP contribution in [0, 0.1) is 6.92 Å². The zero-order valence-electron chi connectivity index (χ0n) is 15.2. The number of aryl methyl sites for hydroxylation is 2. The van der Waals surface area contributed by atoms with E-state index in [2.05, 4.69) is 26.0 Å². The fourth-order valence-corrected chi connectivity index (χ4v) is 3.27. The van der Waals surface area contributed by atoms with Gasteiger partial charge in [-0.2, -0.15) is 18.3 Å². The first kappa shape index (κ1) is 18.6. The van der Waals surface area contributed by atoms with Crippen molar-refractivity contribution in [1.82, 2.24) is 24.6 Å². The highest BCUT2D eigenvalue weighted by molar-refractivity contribution is 5.31. The summed E-state index contributed by atoms with van der Waals surface area (Å²) < 4.78 is 40.5. The highest BCUT2D eigenvalue weighted by Crippen LogP contribution is 2.28. The summed E-state index contributed by atoms with van der Waals surface area (Å²) in [4.78, 5) is 11.8. The number of piperidine rings is 1. The van der Waals surface area contributed by atoms with Crippen molar-refractivity contribution < 1.29 is 13.2 Å². The Morgan fingerprint density at radius 1 is 1.35 bits per heavy atom. The van der Waals surface area contributed by atoms with Crippen LogP contribution in [-0.2, 0) is 19.8 Å². The summed E-state index contributed by atoms with van der Waals surface area (Å²) in [6.07, 6.45) is -1.43. The molecule has 3 rings (SSSR count). The molecule has 6 nitrogen and oxygen atoms in total. The molecule has 2 aromatic rings. The van der Waals surface area contributed by atoms with E-state index in [0.717, 1.165) is 49.9 Å². The smallest absolute Gasteiger partial charge is 0.340 e. The fourth-order valence-electron chi connectivity index (χ4n) is 3.27. The second-order valence-corrected chi connectivity index (χ2v) is 6.78. The van der Waals surface area contributed by atoms with Gasteiger partial charge in [0.15, 0.2) is 0 Å². The van der Waals surface area contributed by atoms with Gasteiger partial charge >= 0.3 is 6.18 Å². The van der Waals surface area contributed by atoms with Crippen molar-refractivity contribution in [1.29, 1.82) is 0 Å². The molecule has 2 aromatic heterocycles. The summed E-state index contributed by atoms with van der Waals surface area (Å²) in [6.45, 7) is 4.43. The SMILES string of the molecule is Cc1cc(CN2CCCC(N(C)c3nccc(C(F)(F)F)n3)C2)nn1C. The molecule has 0 spiro atoms. The summed E-state index contributed by atoms with van der Waals surface area (Å²) >= 11 is 0. The molecule has 142 valence electrons. The van der Waals surface area contributed by atoms with Crippen molar-refractivity contribution in [2.24, 2.45) is 7.05 Å². The summed E-state index contributed by atoms with van der Waals surface area (Å²) in [5, 5.41) is 4.48. The lowest BCUT2D eigenvalue weighted by atomic mass is 10.0. The molecule has 9 heteroatoms. The molecule has 0 bridgehead atoms. The van der Waals surface area contributed by atoms with Crippen LogP contribution < -0.4 is 4.90 Å². The average molecular weight is 368 g/mol. The van der Waals surface area contributed by atoms with Gasteiger partial charge in [-0.25, -0.2) is 9.97 Å². The van der Waals surface area contributed by atoms with E-state index >= 15 is 0 Å². The normalized spacial score (nSPS) is 18.9. The van der Waals surface area contributed by atoms with Crippen molar-refractivity contribution in [3.05, 3.63) is 35.4 Å². The highest BCUT2D eigenvalue weighted by Gasteiger charge is 2.34. The third kappa shape index (κ3) is 4.14. The van der Waals surface area contributed by atoms with Gasteiger partial charge in [0.25, 0.3) is 0 Å². The van der Waals surface area contributed by atoms with E-state index in [4.69, 9.17) is 0 Å². The van der Waals surface area contributed by atoms with Gasteiger partial charge < -0.3 is 4.90 Å². The number of alkyl halides is 3. The largest absolute Gasteiger partial charge is 0.433 e. The zero-order chi connectivity index (χ0) is 18.9. The second-order valence-electron chi connectivity index (χ2n) is 6.78. The zero-order valence-corrected chi connectivity index (χ0v) is 15.2.